The number of hydrogen-bond acceptors (Lipinski definition) is 3. The summed E-state index contributed by atoms with van der Waals surface area (Å²) in [5, 5.41) is 8.70. The first-order valence-corrected chi connectivity index (χ1v) is 4.43. The van der Waals surface area contributed by atoms with Crippen molar-refractivity contribution < 1.29 is 9.53 Å². The normalized spacial score (nSPS) is 26.9. The fourth-order valence-corrected chi connectivity index (χ4v) is 1.58. The molecule has 1 aliphatic rings. The van der Waals surface area contributed by atoms with Crippen LogP contribution in [0.3, 0.4) is 0 Å². The Labute approximate surface area is 78.0 Å². The zero-order valence-electron chi connectivity index (χ0n) is 7.75. The molecule has 0 spiro atoms. The summed E-state index contributed by atoms with van der Waals surface area (Å²) in [6.07, 6.45) is 1.19. The minimum atomic E-state index is -0.193. The van der Waals surface area contributed by atoms with Crippen molar-refractivity contribution in [3.63, 3.8) is 0 Å². The summed E-state index contributed by atoms with van der Waals surface area (Å²) in [6, 6.07) is 2.13. The smallest absolute Gasteiger partial charge is 0.309 e. The molecule has 3 nitrogen and oxygen atoms in total. The van der Waals surface area contributed by atoms with Crippen molar-refractivity contribution in [2.45, 2.75) is 19.8 Å². The number of rotatable bonds is 2. The summed E-state index contributed by atoms with van der Waals surface area (Å²) >= 11 is 0. The summed E-state index contributed by atoms with van der Waals surface area (Å²) < 4.78 is 4.88. The van der Waals surface area contributed by atoms with Gasteiger partial charge in [0.1, 0.15) is 0 Å². The van der Waals surface area contributed by atoms with Crippen LogP contribution in [-0.2, 0) is 9.53 Å². The highest BCUT2D eigenvalue weighted by atomic mass is 16.5. The predicted molar refractivity (Wildman–Crippen MR) is 47.6 cm³/mol. The van der Waals surface area contributed by atoms with Gasteiger partial charge in [-0.3, -0.25) is 4.79 Å². The molecule has 70 valence electrons. The Balaban J connectivity index is 2.54. The second-order valence-corrected chi connectivity index (χ2v) is 3.23. The Hall–Kier alpha value is -1.30. The topological polar surface area (TPSA) is 50.1 Å². The van der Waals surface area contributed by atoms with E-state index in [-0.39, 0.29) is 17.8 Å². The van der Waals surface area contributed by atoms with E-state index in [0.717, 1.165) is 5.57 Å². The lowest BCUT2D eigenvalue weighted by molar-refractivity contribution is -0.147. The Morgan fingerprint density at radius 1 is 1.85 bits per heavy atom. The monoisotopic (exact) mass is 179 g/mol. The third-order valence-electron chi connectivity index (χ3n) is 2.30. The van der Waals surface area contributed by atoms with Gasteiger partial charge in [0.25, 0.3) is 0 Å². The fraction of sp³-hybridized carbons (Fsp3) is 0.600. The molecule has 0 aromatic rings. The first kappa shape index (κ1) is 9.79. The van der Waals surface area contributed by atoms with Crippen molar-refractivity contribution in [2.75, 3.05) is 6.61 Å². The van der Waals surface area contributed by atoms with Gasteiger partial charge >= 0.3 is 5.97 Å². The second kappa shape index (κ2) is 4.08. The number of ether oxygens (including phenoxy) is 1. The zero-order valence-corrected chi connectivity index (χ0v) is 7.75. The molecule has 0 N–H and O–H groups in total. The molecule has 2 atom stereocenters. The Bertz CT molecular complexity index is 265. The third-order valence-corrected chi connectivity index (χ3v) is 2.30. The molecule has 1 aliphatic carbocycles. The largest absolute Gasteiger partial charge is 0.466 e. The SMILES string of the molecule is C=C1CC(C(=O)OCC)CC1C#N. The summed E-state index contributed by atoms with van der Waals surface area (Å²) in [4.78, 5) is 11.3. The molecule has 0 aromatic heterocycles. The number of nitriles is 1. The van der Waals surface area contributed by atoms with Crippen LogP contribution in [0.5, 0.6) is 0 Å². The highest BCUT2D eigenvalue weighted by molar-refractivity contribution is 5.73. The highest BCUT2D eigenvalue weighted by Gasteiger charge is 2.33. The van der Waals surface area contributed by atoms with E-state index in [1.165, 1.54) is 0 Å². The summed E-state index contributed by atoms with van der Waals surface area (Å²) in [5.74, 6) is -0.493. The van der Waals surface area contributed by atoms with Crippen molar-refractivity contribution in [1.29, 1.82) is 5.26 Å². The van der Waals surface area contributed by atoms with Crippen LogP contribution >= 0.6 is 0 Å². The van der Waals surface area contributed by atoms with E-state index >= 15 is 0 Å². The summed E-state index contributed by atoms with van der Waals surface area (Å²) in [6.45, 7) is 5.95. The molecule has 1 rings (SSSR count). The first-order chi connectivity index (χ1) is 6.19. The van der Waals surface area contributed by atoms with Crippen LogP contribution in [0, 0.1) is 23.2 Å². The van der Waals surface area contributed by atoms with Crippen LogP contribution in [0.1, 0.15) is 19.8 Å². The predicted octanol–water partition coefficient (Wildman–Crippen LogP) is 1.66. The molecule has 0 saturated heterocycles. The quantitative estimate of drug-likeness (QED) is 0.478. The van der Waals surface area contributed by atoms with Gasteiger partial charge in [-0.1, -0.05) is 12.2 Å². The van der Waals surface area contributed by atoms with Crippen LogP contribution in [0.25, 0.3) is 0 Å². The molecule has 0 aromatic carbocycles. The molecule has 3 heteroatoms. The molecule has 13 heavy (non-hydrogen) atoms. The van der Waals surface area contributed by atoms with Crippen molar-refractivity contribution in [3.8, 4) is 6.07 Å². The number of allylic oxidation sites excluding steroid dienone is 1. The van der Waals surface area contributed by atoms with Gasteiger partial charge < -0.3 is 4.74 Å². The lowest BCUT2D eigenvalue weighted by Gasteiger charge is -2.06. The van der Waals surface area contributed by atoms with Gasteiger partial charge in [-0.25, -0.2) is 0 Å². The molecule has 1 fully saturated rings. The molecule has 1 saturated carbocycles. The Morgan fingerprint density at radius 2 is 2.54 bits per heavy atom. The molecular weight excluding hydrogens is 166 g/mol. The van der Waals surface area contributed by atoms with Gasteiger partial charge in [0.2, 0.25) is 0 Å². The number of carbonyl (C=O) groups excluding carboxylic acids is 1. The van der Waals surface area contributed by atoms with Gasteiger partial charge in [0, 0.05) is 0 Å². The molecule has 0 radical (unpaired) electrons. The summed E-state index contributed by atoms with van der Waals surface area (Å²) in [5.41, 5.74) is 0.862. The molecular formula is C10H13NO2. The van der Waals surface area contributed by atoms with Gasteiger partial charge in [0.15, 0.2) is 0 Å². The maximum Gasteiger partial charge on any atom is 0.309 e. The van der Waals surface area contributed by atoms with E-state index in [1.54, 1.807) is 6.92 Å². The van der Waals surface area contributed by atoms with Crippen LogP contribution in [0.2, 0.25) is 0 Å². The van der Waals surface area contributed by atoms with Crippen molar-refractivity contribution >= 4 is 5.97 Å². The fourth-order valence-electron chi connectivity index (χ4n) is 1.58. The van der Waals surface area contributed by atoms with Crippen LogP contribution in [0.4, 0.5) is 0 Å². The highest BCUT2D eigenvalue weighted by Crippen LogP contribution is 2.34. The maximum absolute atomic E-state index is 11.3. The van der Waals surface area contributed by atoms with Gasteiger partial charge in [-0.2, -0.15) is 5.26 Å². The molecule has 0 aliphatic heterocycles. The van der Waals surface area contributed by atoms with Crippen LogP contribution in [0.15, 0.2) is 12.2 Å². The minimum absolute atomic E-state index is 0.142. The van der Waals surface area contributed by atoms with E-state index in [2.05, 4.69) is 12.6 Å². The number of carbonyl (C=O) groups is 1. The lowest BCUT2D eigenvalue weighted by Crippen LogP contribution is -2.14. The van der Waals surface area contributed by atoms with Gasteiger partial charge in [-0.15, -0.1) is 0 Å². The third kappa shape index (κ3) is 2.09. The van der Waals surface area contributed by atoms with E-state index in [9.17, 15) is 4.79 Å². The van der Waals surface area contributed by atoms with E-state index < -0.39 is 0 Å². The Kier molecular flexibility index (Phi) is 3.07. The lowest BCUT2D eigenvalue weighted by atomic mass is 10.1. The molecule has 0 heterocycles. The van der Waals surface area contributed by atoms with E-state index in [4.69, 9.17) is 10.00 Å². The summed E-state index contributed by atoms with van der Waals surface area (Å²) in [7, 11) is 0. The van der Waals surface area contributed by atoms with Crippen molar-refractivity contribution in [2.24, 2.45) is 11.8 Å². The van der Waals surface area contributed by atoms with E-state index in [1.807, 2.05) is 0 Å². The average Bonchev–Trinajstić information content (AvgIpc) is 2.47. The molecule has 0 amide bonds. The molecule has 0 bridgehead atoms. The van der Waals surface area contributed by atoms with Crippen molar-refractivity contribution in [1.82, 2.24) is 0 Å². The first-order valence-electron chi connectivity index (χ1n) is 4.43. The molecule has 2 unspecified atom stereocenters. The van der Waals surface area contributed by atoms with E-state index in [0.29, 0.717) is 19.4 Å². The second-order valence-electron chi connectivity index (χ2n) is 3.23. The van der Waals surface area contributed by atoms with Gasteiger partial charge in [0.05, 0.1) is 24.5 Å². The number of esters is 1. The number of hydrogen-bond donors (Lipinski definition) is 0. The standard InChI is InChI=1S/C10H13NO2/c1-3-13-10(12)8-4-7(2)9(5-8)6-11/h8-9H,2-5H2,1H3. The van der Waals surface area contributed by atoms with Crippen LogP contribution in [-0.4, -0.2) is 12.6 Å². The minimum Gasteiger partial charge on any atom is -0.466 e. The average molecular weight is 179 g/mol. The van der Waals surface area contributed by atoms with Crippen molar-refractivity contribution in [3.05, 3.63) is 12.2 Å². The maximum atomic E-state index is 11.3. The number of nitrogens with zero attached hydrogens (tertiary/aromatic N) is 1. The van der Waals surface area contributed by atoms with Gasteiger partial charge in [-0.05, 0) is 19.8 Å². The Morgan fingerprint density at radius 3 is 3.00 bits per heavy atom. The zero-order chi connectivity index (χ0) is 9.84. The van der Waals surface area contributed by atoms with Crippen LogP contribution < -0.4 is 0 Å².